The van der Waals surface area contributed by atoms with Crippen molar-refractivity contribution in [3.05, 3.63) is 23.9 Å². The van der Waals surface area contributed by atoms with E-state index in [-0.39, 0.29) is 17.9 Å². The largest absolute Gasteiger partial charge is 0.363 e. The third-order valence-electron chi connectivity index (χ3n) is 4.25. The van der Waals surface area contributed by atoms with Crippen LogP contribution >= 0.6 is 0 Å². The molecule has 1 fully saturated rings. The standard InChI is InChI=1S/C17H27N5O2/c1-21(2)15-7-6-13(11-19-15)17(24)22-10-4-3-5-14(22)12-20-16(23)8-9-18/h6-7,11,14H,3-5,8-10,12,18H2,1-2H3,(H,20,23). The summed E-state index contributed by atoms with van der Waals surface area (Å²) in [5.41, 5.74) is 5.97. The molecule has 0 bridgehead atoms. The van der Waals surface area contributed by atoms with Gasteiger partial charge in [-0.2, -0.15) is 0 Å². The Labute approximate surface area is 143 Å². The average Bonchev–Trinajstić information content (AvgIpc) is 2.60. The number of hydrogen-bond donors (Lipinski definition) is 2. The monoisotopic (exact) mass is 333 g/mol. The summed E-state index contributed by atoms with van der Waals surface area (Å²) in [6.07, 6.45) is 4.89. The molecule has 2 heterocycles. The first-order valence-corrected chi connectivity index (χ1v) is 8.44. The maximum Gasteiger partial charge on any atom is 0.255 e. The van der Waals surface area contributed by atoms with Gasteiger partial charge >= 0.3 is 0 Å². The lowest BCUT2D eigenvalue weighted by molar-refractivity contribution is -0.121. The minimum absolute atomic E-state index is 0.0226. The van der Waals surface area contributed by atoms with E-state index in [1.165, 1.54) is 0 Å². The van der Waals surface area contributed by atoms with Gasteiger partial charge < -0.3 is 20.9 Å². The Bertz CT molecular complexity index is 559. The number of nitrogens with zero attached hydrogens (tertiary/aromatic N) is 3. The van der Waals surface area contributed by atoms with Gasteiger partial charge in [0.25, 0.3) is 5.91 Å². The van der Waals surface area contributed by atoms with Gasteiger partial charge in [0, 0.05) is 52.4 Å². The van der Waals surface area contributed by atoms with Gasteiger partial charge in [-0.05, 0) is 31.4 Å². The predicted octanol–water partition coefficient (Wildman–Crippen LogP) is 0.607. The Kier molecular flexibility index (Phi) is 6.54. The molecule has 0 aliphatic carbocycles. The number of rotatable bonds is 6. The number of anilines is 1. The molecule has 2 rings (SSSR count). The number of carbonyl (C=O) groups excluding carboxylic acids is 2. The summed E-state index contributed by atoms with van der Waals surface area (Å²) in [6.45, 7) is 1.53. The smallest absolute Gasteiger partial charge is 0.255 e. The molecular weight excluding hydrogens is 306 g/mol. The first-order chi connectivity index (χ1) is 11.5. The summed E-state index contributed by atoms with van der Waals surface area (Å²) >= 11 is 0. The first-order valence-electron chi connectivity index (χ1n) is 8.44. The highest BCUT2D eigenvalue weighted by atomic mass is 16.2. The molecule has 132 valence electrons. The van der Waals surface area contributed by atoms with E-state index in [4.69, 9.17) is 5.73 Å². The number of likely N-dealkylation sites (tertiary alicyclic amines) is 1. The molecule has 1 unspecified atom stereocenters. The molecule has 7 nitrogen and oxygen atoms in total. The van der Waals surface area contributed by atoms with Gasteiger partial charge in [0.15, 0.2) is 0 Å². The molecule has 1 saturated heterocycles. The Balaban J connectivity index is 2.02. The molecule has 0 radical (unpaired) electrons. The van der Waals surface area contributed by atoms with Crippen molar-refractivity contribution in [2.75, 3.05) is 38.6 Å². The van der Waals surface area contributed by atoms with Crippen molar-refractivity contribution in [2.45, 2.75) is 31.7 Å². The van der Waals surface area contributed by atoms with Crippen LogP contribution in [-0.4, -0.2) is 61.5 Å². The molecule has 0 spiro atoms. The van der Waals surface area contributed by atoms with Crippen LogP contribution in [0.3, 0.4) is 0 Å². The fraction of sp³-hybridized carbons (Fsp3) is 0.588. The maximum atomic E-state index is 12.8. The van der Waals surface area contributed by atoms with Gasteiger partial charge in [-0.3, -0.25) is 9.59 Å². The normalized spacial score (nSPS) is 17.5. The Morgan fingerprint density at radius 1 is 1.38 bits per heavy atom. The van der Waals surface area contributed by atoms with E-state index in [1.54, 1.807) is 6.20 Å². The van der Waals surface area contributed by atoms with Crippen LogP contribution in [0.5, 0.6) is 0 Å². The van der Waals surface area contributed by atoms with Crippen molar-refractivity contribution in [1.29, 1.82) is 0 Å². The molecule has 1 aromatic rings. The first kappa shape index (κ1) is 18.2. The molecule has 0 saturated carbocycles. The minimum atomic E-state index is -0.0625. The van der Waals surface area contributed by atoms with Crippen molar-refractivity contribution in [2.24, 2.45) is 5.73 Å². The number of amides is 2. The van der Waals surface area contributed by atoms with Gasteiger partial charge in [-0.1, -0.05) is 0 Å². The van der Waals surface area contributed by atoms with Crippen LogP contribution in [0, 0.1) is 0 Å². The molecular formula is C17H27N5O2. The van der Waals surface area contributed by atoms with Crippen molar-refractivity contribution >= 4 is 17.6 Å². The maximum absolute atomic E-state index is 12.8. The molecule has 0 aromatic carbocycles. The number of aromatic nitrogens is 1. The molecule has 1 atom stereocenters. The van der Waals surface area contributed by atoms with Crippen molar-refractivity contribution in [1.82, 2.24) is 15.2 Å². The number of carbonyl (C=O) groups is 2. The predicted molar refractivity (Wildman–Crippen MR) is 93.9 cm³/mol. The van der Waals surface area contributed by atoms with Gasteiger partial charge in [0.2, 0.25) is 5.91 Å². The van der Waals surface area contributed by atoms with Crippen molar-refractivity contribution in [3.63, 3.8) is 0 Å². The highest BCUT2D eigenvalue weighted by Gasteiger charge is 2.27. The van der Waals surface area contributed by atoms with Crippen LogP contribution in [-0.2, 0) is 4.79 Å². The van der Waals surface area contributed by atoms with Crippen molar-refractivity contribution in [3.8, 4) is 0 Å². The quantitative estimate of drug-likeness (QED) is 0.796. The zero-order valence-electron chi connectivity index (χ0n) is 14.5. The highest BCUT2D eigenvalue weighted by Crippen LogP contribution is 2.20. The van der Waals surface area contributed by atoms with Crippen LogP contribution < -0.4 is 16.0 Å². The van der Waals surface area contributed by atoms with Crippen LogP contribution in [0.25, 0.3) is 0 Å². The van der Waals surface area contributed by atoms with E-state index in [1.807, 2.05) is 36.0 Å². The number of pyridine rings is 1. The van der Waals surface area contributed by atoms with E-state index in [0.29, 0.717) is 31.6 Å². The lowest BCUT2D eigenvalue weighted by Gasteiger charge is -2.36. The van der Waals surface area contributed by atoms with E-state index in [9.17, 15) is 9.59 Å². The fourth-order valence-corrected chi connectivity index (χ4v) is 2.87. The summed E-state index contributed by atoms with van der Waals surface area (Å²) in [7, 11) is 3.82. The lowest BCUT2D eigenvalue weighted by atomic mass is 10.0. The van der Waals surface area contributed by atoms with E-state index < -0.39 is 0 Å². The average molecular weight is 333 g/mol. The molecule has 1 aliphatic rings. The molecule has 2 amide bonds. The minimum Gasteiger partial charge on any atom is -0.363 e. The zero-order chi connectivity index (χ0) is 17.5. The van der Waals surface area contributed by atoms with Crippen LogP contribution in [0.15, 0.2) is 18.3 Å². The topological polar surface area (TPSA) is 91.6 Å². The van der Waals surface area contributed by atoms with Gasteiger partial charge in [-0.25, -0.2) is 4.98 Å². The number of nitrogens with one attached hydrogen (secondary N) is 1. The third kappa shape index (κ3) is 4.67. The molecule has 1 aromatic heterocycles. The van der Waals surface area contributed by atoms with E-state index in [2.05, 4.69) is 10.3 Å². The molecule has 24 heavy (non-hydrogen) atoms. The SMILES string of the molecule is CN(C)c1ccc(C(=O)N2CCCCC2CNC(=O)CCN)cn1. The summed E-state index contributed by atoms with van der Waals surface area (Å²) in [4.78, 5) is 32.5. The second-order valence-electron chi connectivity index (χ2n) is 6.29. The lowest BCUT2D eigenvalue weighted by Crippen LogP contribution is -2.49. The fourth-order valence-electron chi connectivity index (χ4n) is 2.87. The molecule has 3 N–H and O–H groups in total. The summed E-state index contributed by atoms with van der Waals surface area (Å²) in [5, 5.41) is 2.88. The van der Waals surface area contributed by atoms with Crippen LogP contribution in [0.1, 0.15) is 36.0 Å². The summed E-state index contributed by atoms with van der Waals surface area (Å²) < 4.78 is 0. The van der Waals surface area contributed by atoms with Gasteiger partial charge in [-0.15, -0.1) is 0 Å². The van der Waals surface area contributed by atoms with Crippen LogP contribution in [0.2, 0.25) is 0 Å². The summed E-state index contributed by atoms with van der Waals surface area (Å²) in [5.74, 6) is 0.730. The number of hydrogen-bond acceptors (Lipinski definition) is 5. The second kappa shape index (κ2) is 8.63. The number of nitrogens with two attached hydrogens (primary N) is 1. The van der Waals surface area contributed by atoms with Crippen LogP contribution in [0.4, 0.5) is 5.82 Å². The summed E-state index contributed by atoms with van der Waals surface area (Å²) in [6, 6.07) is 3.68. The van der Waals surface area contributed by atoms with Gasteiger partial charge in [0.05, 0.1) is 5.56 Å². The second-order valence-corrected chi connectivity index (χ2v) is 6.29. The van der Waals surface area contributed by atoms with Crippen molar-refractivity contribution < 1.29 is 9.59 Å². The zero-order valence-corrected chi connectivity index (χ0v) is 14.5. The Morgan fingerprint density at radius 3 is 2.79 bits per heavy atom. The number of piperidine rings is 1. The Hall–Kier alpha value is -2.15. The van der Waals surface area contributed by atoms with Gasteiger partial charge in [0.1, 0.15) is 5.82 Å². The molecule has 1 aliphatic heterocycles. The van der Waals surface area contributed by atoms with E-state index in [0.717, 1.165) is 25.1 Å². The molecule has 7 heteroatoms. The van der Waals surface area contributed by atoms with E-state index >= 15 is 0 Å². The third-order valence-corrected chi connectivity index (χ3v) is 4.25. The Morgan fingerprint density at radius 2 is 2.17 bits per heavy atom. The highest BCUT2D eigenvalue weighted by molar-refractivity contribution is 5.94.